The van der Waals surface area contributed by atoms with Gasteiger partial charge in [-0.05, 0) is 76.9 Å². The van der Waals surface area contributed by atoms with Crippen LogP contribution in [0.4, 0.5) is 10.5 Å². The number of morpholine rings is 1. The standard InChI is InChI=1S/C48H42N2O11/c1-57-27-28-60-47(56)49-38-24-17-31(14-13-30-15-20-35(58-2)21-16-30)29-37(38)48(46(49)55)39(44(52)53)41-45(54)61-42(33-11-7-4-8-12-33)40(32-9-5-3-6-10-32)50(41)43(48)34-18-22-36(23-19-34)59-26-25-51/h3-12,15-24,29,39-43,51H,25-28H2,1-2H3,(H,52,53). The van der Waals surface area contributed by atoms with Gasteiger partial charge in [-0.3, -0.25) is 19.3 Å². The summed E-state index contributed by atoms with van der Waals surface area (Å²) in [5.74, 6) is 2.35. The number of rotatable bonds is 11. The number of carboxylic acid groups (broad SMARTS) is 1. The van der Waals surface area contributed by atoms with Crippen LogP contribution in [-0.2, 0) is 34.0 Å². The molecule has 6 unspecified atom stereocenters. The molecule has 13 heteroatoms. The number of cyclic esters (lactones) is 1. The number of imide groups is 1. The third-order valence-electron chi connectivity index (χ3n) is 11.4. The average molecular weight is 823 g/mol. The van der Waals surface area contributed by atoms with Crippen molar-refractivity contribution in [2.24, 2.45) is 5.92 Å². The van der Waals surface area contributed by atoms with Gasteiger partial charge in [0, 0.05) is 18.2 Å². The van der Waals surface area contributed by atoms with E-state index in [2.05, 4.69) is 11.8 Å². The normalized spacial score (nSPS) is 22.7. The number of carbonyl (C=O) groups excluding carboxylic acids is 3. The Bertz CT molecular complexity index is 2490. The number of nitrogens with zero attached hydrogens (tertiary/aromatic N) is 2. The summed E-state index contributed by atoms with van der Waals surface area (Å²) in [5, 5.41) is 21.0. The van der Waals surface area contributed by atoms with Crippen LogP contribution < -0.4 is 14.4 Å². The fourth-order valence-corrected chi connectivity index (χ4v) is 8.95. The van der Waals surface area contributed by atoms with Crippen molar-refractivity contribution in [1.29, 1.82) is 0 Å². The van der Waals surface area contributed by atoms with Gasteiger partial charge in [-0.15, -0.1) is 0 Å². The predicted molar refractivity (Wildman–Crippen MR) is 221 cm³/mol. The first-order valence-corrected chi connectivity index (χ1v) is 19.7. The quantitative estimate of drug-likeness (QED) is 0.0910. The number of fused-ring (bicyclic) bond motifs is 3. The number of hydrogen-bond donors (Lipinski definition) is 2. The van der Waals surface area contributed by atoms with Gasteiger partial charge in [0.2, 0.25) is 5.91 Å². The monoisotopic (exact) mass is 822 g/mol. The van der Waals surface area contributed by atoms with E-state index in [1.807, 2.05) is 60.7 Å². The van der Waals surface area contributed by atoms with Crippen molar-refractivity contribution in [2.75, 3.05) is 45.5 Å². The Balaban J connectivity index is 1.41. The lowest BCUT2D eigenvalue weighted by molar-refractivity contribution is -0.179. The van der Waals surface area contributed by atoms with Crippen LogP contribution in [0.3, 0.4) is 0 Å². The number of ether oxygens (including phenoxy) is 5. The van der Waals surface area contributed by atoms with Crippen molar-refractivity contribution < 1.29 is 53.1 Å². The highest BCUT2D eigenvalue weighted by Crippen LogP contribution is 2.66. The van der Waals surface area contributed by atoms with Gasteiger partial charge in [-0.1, -0.05) is 84.6 Å². The molecule has 13 nitrogen and oxygen atoms in total. The SMILES string of the molecule is COCCOC(=O)N1C(=O)C2(c3cc(C#Cc4ccc(OC)cc4)ccc31)C(C(=O)O)C1C(=O)OC(c3ccccc3)C(c3ccccc3)N1C2c1ccc(OCCO)cc1. The van der Waals surface area contributed by atoms with E-state index in [0.717, 1.165) is 4.90 Å². The van der Waals surface area contributed by atoms with Crippen LogP contribution in [0.15, 0.2) is 127 Å². The highest BCUT2D eigenvalue weighted by Gasteiger charge is 2.76. The Hall–Kier alpha value is -6.98. The summed E-state index contributed by atoms with van der Waals surface area (Å²) >= 11 is 0. The number of benzene rings is 5. The first kappa shape index (κ1) is 40.8. The Labute approximate surface area is 352 Å². The molecule has 1 spiro atoms. The van der Waals surface area contributed by atoms with Crippen LogP contribution in [0.25, 0.3) is 0 Å². The molecule has 0 aliphatic carbocycles. The number of amides is 2. The number of carboxylic acids is 1. The maximum atomic E-state index is 15.8. The lowest BCUT2D eigenvalue weighted by Crippen LogP contribution is -2.53. The van der Waals surface area contributed by atoms with Crippen LogP contribution >= 0.6 is 0 Å². The zero-order valence-corrected chi connectivity index (χ0v) is 33.3. The molecule has 3 aliphatic rings. The summed E-state index contributed by atoms with van der Waals surface area (Å²) < 4.78 is 28.0. The molecule has 8 rings (SSSR count). The van der Waals surface area contributed by atoms with Gasteiger partial charge in [0.15, 0.2) is 0 Å². The van der Waals surface area contributed by atoms with E-state index in [9.17, 15) is 24.6 Å². The fraction of sp³-hybridized carbons (Fsp3) is 0.250. The second kappa shape index (κ2) is 17.3. The largest absolute Gasteiger partial charge is 0.497 e. The fourth-order valence-electron chi connectivity index (χ4n) is 8.95. The minimum absolute atomic E-state index is 0.0228. The minimum atomic E-state index is -2.16. The number of carbonyl (C=O) groups is 4. The van der Waals surface area contributed by atoms with Gasteiger partial charge in [-0.2, -0.15) is 0 Å². The zero-order chi connectivity index (χ0) is 42.7. The number of aliphatic carboxylic acids is 1. The van der Waals surface area contributed by atoms with Crippen molar-refractivity contribution in [3.05, 3.63) is 161 Å². The smallest absolute Gasteiger partial charge is 0.421 e. The van der Waals surface area contributed by atoms with Crippen LogP contribution in [0.1, 0.15) is 51.6 Å². The molecule has 0 bridgehead atoms. The summed E-state index contributed by atoms with van der Waals surface area (Å²) in [6.07, 6.45) is -1.98. The maximum absolute atomic E-state index is 15.8. The lowest BCUT2D eigenvalue weighted by Gasteiger charge is -2.46. The third-order valence-corrected chi connectivity index (χ3v) is 11.4. The number of esters is 1. The van der Waals surface area contributed by atoms with Crippen LogP contribution in [-0.4, -0.2) is 85.7 Å². The predicted octanol–water partition coefficient (Wildman–Crippen LogP) is 6.00. The molecule has 310 valence electrons. The number of anilines is 1. The van der Waals surface area contributed by atoms with E-state index in [1.165, 1.54) is 7.11 Å². The second-order valence-corrected chi connectivity index (χ2v) is 14.7. The van der Waals surface area contributed by atoms with Gasteiger partial charge < -0.3 is 33.9 Å². The van der Waals surface area contributed by atoms with Crippen molar-refractivity contribution in [2.45, 2.75) is 29.6 Å². The van der Waals surface area contributed by atoms with E-state index < -0.39 is 59.5 Å². The Morgan fingerprint density at radius 2 is 1.38 bits per heavy atom. The molecular formula is C48H42N2O11. The van der Waals surface area contributed by atoms with E-state index in [1.54, 1.807) is 78.7 Å². The van der Waals surface area contributed by atoms with E-state index in [-0.39, 0.29) is 37.7 Å². The molecule has 2 fully saturated rings. The third kappa shape index (κ3) is 7.24. The summed E-state index contributed by atoms with van der Waals surface area (Å²) in [5.41, 5.74) is 0.992. The highest BCUT2D eigenvalue weighted by molar-refractivity contribution is 6.23. The molecule has 0 aromatic heterocycles. The number of aliphatic hydroxyl groups excluding tert-OH is 1. The topological polar surface area (TPSA) is 161 Å². The molecule has 3 aliphatic heterocycles. The lowest BCUT2D eigenvalue weighted by atomic mass is 9.65. The van der Waals surface area contributed by atoms with Crippen LogP contribution in [0.2, 0.25) is 0 Å². The highest BCUT2D eigenvalue weighted by atomic mass is 16.6. The molecule has 0 saturated carbocycles. The minimum Gasteiger partial charge on any atom is -0.497 e. The van der Waals surface area contributed by atoms with E-state index >= 15 is 4.79 Å². The van der Waals surface area contributed by atoms with E-state index in [0.29, 0.717) is 39.3 Å². The van der Waals surface area contributed by atoms with Gasteiger partial charge in [-0.25, -0.2) is 9.69 Å². The molecule has 3 heterocycles. The summed E-state index contributed by atoms with van der Waals surface area (Å²) in [6.45, 7) is -0.354. The van der Waals surface area contributed by atoms with Gasteiger partial charge in [0.05, 0.1) is 38.1 Å². The number of hydrogen-bond acceptors (Lipinski definition) is 11. The van der Waals surface area contributed by atoms with Crippen molar-refractivity contribution >= 4 is 29.6 Å². The van der Waals surface area contributed by atoms with Crippen LogP contribution in [0.5, 0.6) is 11.5 Å². The Morgan fingerprint density at radius 3 is 2.02 bits per heavy atom. The van der Waals surface area contributed by atoms with E-state index in [4.69, 9.17) is 23.7 Å². The summed E-state index contributed by atoms with van der Waals surface area (Å²) in [6, 6.07) is 33.5. The van der Waals surface area contributed by atoms with Crippen molar-refractivity contribution in [3.8, 4) is 23.3 Å². The molecule has 61 heavy (non-hydrogen) atoms. The molecule has 6 atom stereocenters. The molecular weight excluding hydrogens is 781 g/mol. The average Bonchev–Trinajstić information content (AvgIpc) is 3.75. The molecule has 2 saturated heterocycles. The molecule has 5 aromatic carbocycles. The molecule has 5 aromatic rings. The molecule has 2 N–H and O–H groups in total. The van der Waals surface area contributed by atoms with Gasteiger partial charge in [0.1, 0.15) is 48.2 Å². The number of methoxy groups -OCH3 is 2. The first-order valence-electron chi connectivity index (χ1n) is 19.7. The second-order valence-electron chi connectivity index (χ2n) is 14.7. The Kier molecular flexibility index (Phi) is 11.6. The number of aliphatic hydroxyl groups is 1. The maximum Gasteiger partial charge on any atom is 0.421 e. The van der Waals surface area contributed by atoms with Crippen molar-refractivity contribution in [3.63, 3.8) is 0 Å². The van der Waals surface area contributed by atoms with Gasteiger partial charge in [0.25, 0.3) is 0 Å². The van der Waals surface area contributed by atoms with Gasteiger partial charge >= 0.3 is 18.0 Å². The van der Waals surface area contributed by atoms with Crippen molar-refractivity contribution in [1.82, 2.24) is 4.90 Å². The summed E-state index contributed by atoms with van der Waals surface area (Å²) in [7, 11) is 3.00. The summed E-state index contributed by atoms with van der Waals surface area (Å²) in [4.78, 5) is 61.6. The first-order chi connectivity index (χ1) is 29.7. The molecule has 2 amide bonds. The Morgan fingerprint density at radius 1 is 0.738 bits per heavy atom. The van der Waals surface area contributed by atoms with Crippen LogP contribution in [0, 0.1) is 17.8 Å². The zero-order valence-electron chi connectivity index (χ0n) is 33.3. The molecule has 0 radical (unpaired) electrons.